The first-order valence-corrected chi connectivity index (χ1v) is 11.0. The molecule has 0 saturated carbocycles. The van der Waals surface area contributed by atoms with E-state index >= 15 is 0 Å². The summed E-state index contributed by atoms with van der Waals surface area (Å²) in [4.78, 5) is 21.1. The van der Waals surface area contributed by atoms with Crippen molar-refractivity contribution in [3.05, 3.63) is 53.1 Å². The molecule has 1 saturated heterocycles. The number of rotatable bonds is 3. The van der Waals surface area contributed by atoms with Crippen LogP contribution in [-0.2, 0) is 5.41 Å². The van der Waals surface area contributed by atoms with Gasteiger partial charge in [0.25, 0.3) is 5.91 Å². The molecule has 4 aromatic rings. The Bertz CT molecular complexity index is 1380. The van der Waals surface area contributed by atoms with Gasteiger partial charge in [-0.25, -0.2) is 9.37 Å². The molecule has 168 valence electrons. The van der Waals surface area contributed by atoms with Crippen LogP contribution in [0.25, 0.3) is 22.4 Å². The fourth-order valence-corrected chi connectivity index (χ4v) is 5.05. The largest absolute Gasteiger partial charge is 0.355 e. The molecule has 5 heterocycles. The predicted molar refractivity (Wildman–Crippen MR) is 122 cm³/mol. The Balaban J connectivity index is 1.62. The van der Waals surface area contributed by atoms with Gasteiger partial charge in [-0.1, -0.05) is 6.07 Å². The maximum Gasteiger partial charge on any atom is 0.255 e. The van der Waals surface area contributed by atoms with Gasteiger partial charge in [0.1, 0.15) is 11.3 Å². The number of carbonyl (C=O) groups is 1. The van der Waals surface area contributed by atoms with E-state index in [9.17, 15) is 9.18 Å². The summed E-state index contributed by atoms with van der Waals surface area (Å²) >= 11 is 0. The van der Waals surface area contributed by atoms with Gasteiger partial charge in [0.05, 0.1) is 16.9 Å². The summed E-state index contributed by atoms with van der Waals surface area (Å²) in [6.45, 7) is 3.98. The van der Waals surface area contributed by atoms with Crippen molar-refractivity contribution in [1.29, 1.82) is 0 Å². The van der Waals surface area contributed by atoms with E-state index in [0.29, 0.717) is 45.9 Å². The van der Waals surface area contributed by atoms with E-state index in [1.807, 2.05) is 6.07 Å². The lowest BCUT2D eigenvalue weighted by atomic mass is 9.74. The van der Waals surface area contributed by atoms with Crippen LogP contribution in [0.1, 0.15) is 34.5 Å². The first-order valence-electron chi connectivity index (χ1n) is 11.0. The summed E-state index contributed by atoms with van der Waals surface area (Å²) in [6.07, 6.45) is 3.62. The van der Waals surface area contributed by atoms with Crippen molar-refractivity contribution in [2.45, 2.75) is 25.2 Å². The van der Waals surface area contributed by atoms with E-state index in [2.05, 4.69) is 41.3 Å². The lowest BCUT2D eigenvalue weighted by Gasteiger charge is -2.40. The second-order valence-electron chi connectivity index (χ2n) is 8.76. The minimum Gasteiger partial charge on any atom is -0.355 e. The summed E-state index contributed by atoms with van der Waals surface area (Å²) in [5.41, 5.74) is 5.38. The Kier molecular flexibility index (Phi) is 4.44. The quantitative estimate of drug-likeness (QED) is 0.330. The number of fused-ring (bicyclic) bond motifs is 3. The van der Waals surface area contributed by atoms with Crippen molar-refractivity contribution < 1.29 is 9.18 Å². The second kappa shape index (κ2) is 7.38. The lowest BCUT2D eigenvalue weighted by Crippen LogP contribution is -2.54. The zero-order chi connectivity index (χ0) is 22.6. The van der Waals surface area contributed by atoms with Gasteiger partial charge in [0.15, 0.2) is 0 Å². The molecule has 1 atom stereocenters. The van der Waals surface area contributed by atoms with E-state index in [0.717, 1.165) is 37.2 Å². The molecule has 5 N–H and O–H groups in total. The average Bonchev–Trinajstić information content (AvgIpc) is 3.46. The van der Waals surface area contributed by atoms with Crippen molar-refractivity contribution >= 4 is 28.4 Å². The molecule has 2 aliphatic rings. The molecule has 0 radical (unpaired) electrons. The van der Waals surface area contributed by atoms with Crippen molar-refractivity contribution in [1.82, 2.24) is 36.0 Å². The van der Waals surface area contributed by atoms with Crippen molar-refractivity contribution in [3.63, 3.8) is 0 Å². The molecule has 1 spiro atoms. The number of anilines is 2. The molecule has 1 amide bonds. The highest BCUT2D eigenvalue weighted by Gasteiger charge is 2.44. The molecule has 1 fully saturated rings. The number of nitrogens with one attached hydrogen (secondary N) is 5. The molecular weight excluding hydrogens is 423 g/mol. The predicted octanol–water partition coefficient (Wildman–Crippen LogP) is 2.90. The van der Waals surface area contributed by atoms with E-state index in [1.165, 1.54) is 6.07 Å². The van der Waals surface area contributed by atoms with E-state index in [-0.39, 0.29) is 17.1 Å². The summed E-state index contributed by atoms with van der Waals surface area (Å²) in [5.74, 6) is -0.475. The number of pyridine rings is 1. The van der Waals surface area contributed by atoms with E-state index in [4.69, 9.17) is 0 Å². The topological polar surface area (TPSA) is 123 Å². The van der Waals surface area contributed by atoms with Crippen LogP contribution in [0.5, 0.6) is 0 Å². The van der Waals surface area contributed by atoms with Gasteiger partial charge in [0.2, 0.25) is 5.65 Å². The number of aromatic nitrogens is 5. The third-order valence-corrected chi connectivity index (χ3v) is 6.84. The number of amides is 1. The van der Waals surface area contributed by atoms with Crippen LogP contribution in [0.2, 0.25) is 0 Å². The Morgan fingerprint density at radius 3 is 2.94 bits per heavy atom. The van der Waals surface area contributed by atoms with Crippen molar-refractivity contribution in [2.24, 2.45) is 0 Å². The third-order valence-electron chi connectivity index (χ3n) is 6.84. The van der Waals surface area contributed by atoms with Crippen LogP contribution >= 0.6 is 0 Å². The number of hydrogen-bond acceptors (Lipinski definition) is 6. The number of benzene rings is 1. The molecule has 0 bridgehead atoms. The average molecular weight is 446 g/mol. The Hall–Kier alpha value is -3.79. The maximum absolute atomic E-state index is 14.3. The standard InChI is InChI=1S/C23H23FN8O/c1-12-14(24)4-2-5-15(12)28-19-16-20(23(11-27-22(16)33)7-3-8-25-10-23)29-17(19)13-6-9-26-21-18(13)30-32-31-21/h2,4-6,9,25,28-29H,3,7-8,10-11H2,1H3,(H,27,33)(H,26,30,31,32). The minimum atomic E-state index is -0.314. The fourth-order valence-electron chi connectivity index (χ4n) is 5.05. The van der Waals surface area contributed by atoms with Gasteiger partial charge in [-0.05, 0) is 44.5 Å². The fraction of sp³-hybridized carbons (Fsp3) is 0.304. The SMILES string of the molecule is Cc1c(F)cccc1Nc1c(-c2ccnc3n[nH]nc23)[nH]c2c1C(=O)NCC21CCCNC1. The van der Waals surface area contributed by atoms with Crippen LogP contribution in [0, 0.1) is 12.7 Å². The number of carbonyl (C=O) groups excluding carboxylic acids is 1. The summed E-state index contributed by atoms with van der Waals surface area (Å²) in [6, 6.07) is 6.72. The monoisotopic (exact) mass is 446 g/mol. The molecular formula is C23H23FN8O. The molecule has 9 nitrogen and oxygen atoms in total. The van der Waals surface area contributed by atoms with Crippen molar-refractivity contribution in [2.75, 3.05) is 25.0 Å². The van der Waals surface area contributed by atoms with Crippen LogP contribution in [0.15, 0.2) is 30.5 Å². The van der Waals surface area contributed by atoms with Gasteiger partial charge < -0.3 is 20.9 Å². The molecule has 33 heavy (non-hydrogen) atoms. The molecule has 1 aromatic carbocycles. The minimum absolute atomic E-state index is 0.161. The molecule has 0 aliphatic carbocycles. The number of nitrogens with zero attached hydrogens (tertiary/aromatic N) is 3. The number of hydrogen-bond donors (Lipinski definition) is 5. The highest BCUT2D eigenvalue weighted by molar-refractivity contribution is 6.08. The third kappa shape index (κ3) is 3.01. The van der Waals surface area contributed by atoms with Crippen LogP contribution in [0.4, 0.5) is 15.8 Å². The summed E-state index contributed by atoms with van der Waals surface area (Å²) < 4.78 is 14.3. The molecule has 10 heteroatoms. The van der Waals surface area contributed by atoms with E-state index < -0.39 is 0 Å². The Morgan fingerprint density at radius 1 is 1.18 bits per heavy atom. The Labute approximate surface area is 188 Å². The normalized spacial score (nSPS) is 20.1. The van der Waals surface area contributed by atoms with Gasteiger partial charge in [-0.3, -0.25) is 4.79 Å². The Morgan fingerprint density at radius 2 is 2.09 bits per heavy atom. The number of halogens is 1. The number of H-pyrrole nitrogens is 2. The maximum atomic E-state index is 14.3. The molecule has 3 aromatic heterocycles. The van der Waals surface area contributed by atoms with Gasteiger partial charge in [-0.15, -0.1) is 5.10 Å². The second-order valence-corrected chi connectivity index (χ2v) is 8.76. The number of aromatic amines is 2. The number of piperidine rings is 1. The highest BCUT2D eigenvalue weighted by Crippen LogP contribution is 2.45. The van der Waals surface area contributed by atoms with Gasteiger partial charge in [-0.2, -0.15) is 10.3 Å². The van der Waals surface area contributed by atoms with Crippen LogP contribution in [0.3, 0.4) is 0 Å². The first-order chi connectivity index (χ1) is 16.1. The van der Waals surface area contributed by atoms with E-state index in [1.54, 1.807) is 25.3 Å². The zero-order valence-electron chi connectivity index (χ0n) is 18.1. The highest BCUT2D eigenvalue weighted by atomic mass is 19.1. The van der Waals surface area contributed by atoms with Gasteiger partial charge >= 0.3 is 0 Å². The summed E-state index contributed by atoms with van der Waals surface area (Å²) in [7, 11) is 0. The van der Waals surface area contributed by atoms with Crippen LogP contribution < -0.4 is 16.0 Å². The van der Waals surface area contributed by atoms with Gasteiger partial charge in [0, 0.05) is 47.2 Å². The summed E-state index contributed by atoms with van der Waals surface area (Å²) in [5, 5.41) is 21.0. The molecule has 6 rings (SSSR count). The van der Waals surface area contributed by atoms with Crippen LogP contribution in [-0.4, -0.2) is 50.9 Å². The zero-order valence-corrected chi connectivity index (χ0v) is 18.1. The smallest absolute Gasteiger partial charge is 0.255 e. The lowest BCUT2D eigenvalue weighted by molar-refractivity contribution is 0.0916. The van der Waals surface area contributed by atoms with Crippen molar-refractivity contribution in [3.8, 4) is 11.3 Å². The first kappa shape index (κ1) is 19.9. The molecule has 2 aliphatic heterocycles. The molecule has 1 unspecified atom stereocenters.